The molecular formula is C14H29IN6O2S. The van der Waals surface area contributed by atoms with E-state index in [0.717, 1.165) is 18.8 Å². The van der Waals surface area contributed by atoms with Gasteiger partial charge < -0.3 is 15.2 Å². The van der Waals surface area contributed by atoms with Crippen molar-refractivity contribution in [1.29, 1.82) is 0 Å². The van der Waals surface area contributed by atoms with Gasteiger partial charge in [0, 0.05) is 33.1 Å². The van der Waals surface area contributed by atoms with Crippen molar-refractivity contribution in [3.05, 3.63) is 12.2 Å². The largest absolute Gasteiger partial charge is 0.355 e. The minimum atomic E-state index is -3.13. The van der Waals surface area contributed by atoms with Crippen LogP contribution in [0.15, 0.2) is 11.3 Å². The van der Waals surface area contributed by atoms with E-state index in [4.69, 9.17) is 0 Å². The number of halogens is 1. The van der Waals surface area contributed by atoms with Crippen LogP contribution in [0.4, 0.5) is 0 Å². The van der Waals surface area contributed by atoms with Crippen LogP contribution in [0, 0.1) is 0 Å². The fourth-order valence-corrected chi connectivity index (χ4v) is 2.85. The van der Waals surface area contributed by atoms with Crippen LogP contribution in [-0.2, 0) is 22.8 Å². The highest BCUT2D eigenvalue weighted by Gasteiger charge is 2.28. The lowest BCUT2D eigenvalue weighted by molar-refractivity contribution is 0.558. The quantitative estimate of drug-likeness (QED) is 0.347. The Morgan fingerprint density at radius 3 is 2.46 bits per heavy atom. The summed E-state index contributed by atoms with van der Waals surface area (Å²) in [6, 6.07) is 0. The fourth-order valence-electron chi connectivity index (χ4n) is 1.86. The van der Waals surface area contributed by atoms with Crippen LogP contribution in [0.3, 0.4) is 0 Å². The Morgan fingerprint density at radius 2 is 1.92 bits per heavy atom. The van der Waals surface area contributed by atoms with Gasteiger partial charge in [-0.25, -0.2) is 8.42 Å². The predicted molar refractivity (Wildman–Crippen MR) is 108 cm³/mol. The van der Waals surface area contributed by atoms with Crippen molar-refractivity contribution in [3.8, 4) is 0 Å². The van der Waals surface area contributed by atoms with Gasteiger partial charge in [0.25, 0.3) is 0 Å². The molecule has 1 aromatic heterocycles. The molecule has 0 radical (unpaired) electrons. The highest BCUT2D eigenvalue weighted by atomic mass is 127. The van der Waals surface area contributed by atoms with Gasteiger partial charge >= 0.3 is 0 Å². The molecule has 1 heterocycles. The molecule has 0 aromatic carbocycles. The average molecular weight is 472 g/mol. The molecule has 0 unspecified atom stereocenters. The molecule has 0 aliphatic heterocycles. The van der Waals surface area contributed by atoms with E-state index < -0.39 is 14.6 Å². The molecule has 2 N–H and O–H groups in total. The molecule has 0 aliphatic carbocycles. The van der Waals surface area contributed by atoms with E-state index in [0.29, 0.717) is 19.0 Å². The van der Waals surface area contributed by atoms with Crippen LogP contribution in [0.25, 0.3) is 0 Å². The first-order valence-corrected chi connectivity index (χ1v) is 9.40. The van der Waals surface area contributed by atoms with Crippen LogP contribution in [0.5, 0.6) is 0 Å². The first-order valence-electron chi connectivity index (χ1n) is 7.74. The Balaban J connectivity index is 0.00000529. The summed E-state index contributed by atoms with van der Waals surface area (Å²) < 4.78 is 25.3. The molecular weight excluding hydrogens is 443 g/mol. The van der Waals surface area contributed by atoms with Gasteiger partial charge in [0.2, 0.25) is 0 Å². The molecule has 0 amide bonds. The Kier molecular flexibility index (Phi) is 9.78. The van der Waals surface area contributed by atoms with E-state index in [1.54, 1.807) is 34.1 Å². The number of aromatic nitrogens is 3. The SMILES string of the molecule is CCc1nncn1CCNC(=NC)NCCS(=O)(=O)C(C)(C)C.I. The zero-order valence-electron chi connectivity index (χ0n) is 15.0. The lowest BCUT2D eigenvalue weighted by Gasteiger charge is -2.19. The number of guanidine groups is 1. The number of aliphatic imine (C=N–C) groups is 1. The van der Waals surface area contributed by atoms with Gasteiger partial charge in [0.15, 0.2) is 15.8 Å². The van der Waals surface area contributed by atoms with Gasteiger partial charge in [-0.3, -0.25) is 4.99 Å². The molecule has 140 valence electrons. The third kappa shape index (κ3) is 6.91. The monoisotopic (exact) mass is 472 g/mol. The normalized spacial score (nSPS) is 12.6. The van der Waals surface area contributed by atoms with E-state index in [2.05, 4.69) is 25.8 Å². The highest BCUT2D eigenvalue weighted by molar-refractivity contribution is 14.0. The second kappa shape index (κ2) is 10.2. The van der Waals surface area contributed by atoms with Crippen molar-refractivity contribution >= 4 is 39.8 Å². The van der Waals surface area contributed by atoms with E-state index in [1.165, 1.54) is 0 Å². The predicted octanol–water partition coefficient (Wildman–Crippen LogP) is 0.837. The molecule has 24 heavy (non-hydrogen) atoms. The third-order valence-electron chi connectivity index (χ3n) is 3.48. The van der Waals surface area contributed by atoms with Crippen LogP contribution in [-0.4, -0.2) is 59.8 Å². The summed E-state index contributed by atoms with van der Waals surface area (Å²) in [5.74, 6) is 1.59. The third-order valence-corrected chi connectivity index (χ3v) is 6.08. The number of hydrogen-bond donors (Lipinski definition) is 2. The molecule has 0 aliphatic rings. The average Bonchev–Trinajstić information content (AvgIpc) is 2.91. The minimum Gasteiger partial charge on any atom is -0.355 e. The fraction of sp³-hybridized carbons (Fsp3) is 0.786. The van der Waals surface area contributed by atoms with Gasteiger partial charge in [0.1, 0.15) is 12.2 Å². The molecule has 0 atom stereocenters. The topological polar surface area (TPSA) is 101 Å². The number of sulfone groups is 1. The number of rotatable bonds is 7. The molecule has 1 aromatic rings. The van der Waals surface area contributed by atoms with Gasteiger partial charge in [-0.05, 0) is 20.8 Å². The summed E-state index contributed by atoms with van der Waals surface area (Å²) in [4.78, 5) is 4.09. The van der Waals surface area contributed by atoms with Gasteiger partial charge in [-0.15, -0.1) is 34.2 Å². The van der Waals surface area contributed by atoms with Crippen LogP contribution in [0.1, 0.15) is 33.5 Å². The van der Waals surface area contributed by atoms with Gasteiger partial charge in [0.05, 0.1) is 10.5 Å². The highest BCUT2D eigenvalue weighted by Crippen LogP contribution is 2.15. The Morgan fingerprint density at radius 1 is 1.29 bits per heavy atom. The summed E-state index contributed by atoms with van der Waals surface area (Å²) in [7, 11) is -1.48. The zero-order chi connectivity index (χ0) is 17.5. The maximum absolute atomic E-state index is 12.0. The Labute approximate surface area is 161 Å². The van der Waals surface area contributed by atoms with E-state index >= 15 is 0 Å². The summed E-state index contributed by atoms with van der Waals surface area (Å²) >= 11 is 0. The second-order valence-electron chi connectivity index (χ2n) is 6.15. The Hall–Kier alpha value is -0.910. The van der Waals surface area contributed by atoms with Crippen LogP contribution in [0.2, 0.25) is 0 Å². The van der Waals surface area contributed by atoms with E-state index in [-0.39, 0.29) is 29.7 Å². The molecule has 10 heteroatoms. The maximum atomic E-state index is 12.0. The van der Waals surface area contributed by atoms with Crippen molar-refractivity contribution in [2.45, 2.75) is 45.4 Å². The smallest absolute Gasteiger partial charge is 0.191 e. The first-order chi connectivity index (χ1) is 10.7. The lowest BCUT2D eigenvalue weighted by atomic mass is 10.3. The summed E-state index contributed by atoms with van der Waals surface area (Å²) in [6.45, 7) is 8.85. The zero-order valence-corrected chi connectivity index (χ0v) is 18.2. The molecule has 0 bridgehead atoms. The van der Waals surface area contributed by atoms with Crippen molar-refractivity contribution in [2.75, 3.05) is 25.9 Å². The van der Waals surface area contributed by atoms with Gasteiger partial charge in [-0.2, -0.15) is 0 Å². The summed E-state index contributed by atoms with van der Waals surface area (Å²) in [6.07, 6.45) is 2.53. The second-order valence-corrected chi connectivity index (χ2v) is 9.01. The molecule has 0 spiro atoms. The number of nitrogens with one attached hydrogen (secondary N) is 2. The molecule has 0 saturated carbocycles. The number of hydrogen-bond acceptors (Lipinski definition) is 5. The van der Waals surface area contributed by atoms with Crippen molar-refractivity contribution in [3.63, 3.8) is 0 Å². The molecule has 0 saturated heterocycles. The standard InChI is InChI=1S/C14H28N6O2S.HI/c1-6-12-19-18-11-20(12)9-7-16-13(15-5)17-8-10-23(21,22)14(2,3)4;/h11H,6-10H2,1-5H3,(H2,15,16,17);1H. The number of nitrogens with zero attached hydrogens (tertiary/aromatic N) is 4. The van der Waals surface area contributed by atoms with E-state index in [9.17, 15) is 8.42 Å². The Bertz CT molecular complexity index is 621. The van der Waals surface area contributed by atoms with Crippen molar-refractivity contribution in [2.24, 2.45) is 4.99 Å². The molecule has 8 nitrogen and oxygen atoms in total. The van der Waals surface area contributed by atoms with Crippen molar-refractivity contribution in [1.82, 2.24) is 25.4 Å². The van der Waals surface area contributed by atoms with Crippen molar-refractivity contribution < 1.29 is 8.42 Å². The van der Waals surface area contributed by atoms with Gasteiger partial charge in [-0.1, -0.05) is 6.92 Å². The first kappa shape index (κ1) is 23.1. The minimum absolute atomic E-state index is 0. The van der Waals surface area contributed by atoms with E-state index in [1.807, 2.05) is 11.5 Å². The van der Waals surface area contributed by atoms with Crippen LogP contribution < -0.4 is 10.6 Å². The molecule has 1 rings (SSSR count). The summed E-state index contributed by atoms with van der Waals surface area (Å²) in [5, 5.41) is 14.1. The lowest BCUT2D eigenvalue weighted by Crippen LogP contribution is -2.42. The molecule has 0 fully saturated rings. The maximum Gasteiger partial charge on any atom is 0.191 e. The van der Waals surface area contributed by atoms with Crippen LogP contribution >= 0.6 is 24.0 Å². The summed E-state index contributed by atoms with van der Waals surface area (Å²) in [5.41, 5.74) is 0. The number of aryl methyl sites for hydroxylation is 1.